The summed E-state index contributed by atoms with van der Waals surface area (Å²) >= 11 is 3.37. The number of hydrogen-bond acceptors (Lipinski definition) is 3. The summed E-state index contributed by atoms with van der Waals surface area (Å²) in [6.07, 6.45) is 5.29. The van der Waals surface area contributed by atoms with Crippen LogP contribution in [0.2, 0.25) is 0 Å². The molecule has 2 rings (SSSR count). The Balaban J connectivity index is 2.05. The molecule has 4 heteroatoms. The lowest BCUT2D eigenvalue weighted by Gasteiger charge is -2.07. The predicted octanol–water partition coefficient (Wildman–Crippen LogP) is 3.13. The lowest BCUT2D eigenvalue weighted by Crippen LogP contribution is -1.98. The van der Waals surface area contributed by atoms with E-state index < -0.39 is 0 Å². The molecule has 0 bridgehead atoms. The Morgan fingerprint density at radius 3 is 3.00 bits per heavy atom. The Morgan fingerprint density at radius 1 is 1.38 bits per heavy atom. The predicted molar refractivity (Wildman–Crippen MR) is 65.2 cm³/mol. The van der Waals surface area contributed by atoms with Crippen molar-refractivity contribution in [3.05, 3.63) is 52.5 Å². The zero-order valence-electron chi connectivity index (χ0n) is 8.85. The van der Waals surface area contributed by atoms with Crippen molar-refractivity contribution in [3.63, 3.8) is 0 Å². The monoisotopic (exact) mass is 278 g/mol. The Bertz CT molecular complexity index is 488. The highest BCUT2D eigenvalue weighted by Crippen LogP contribution is 2.16. The molecule has 16 heavy (non-hydrogen) atoms. The molecule has 3 nitrogen and oxygen atoms in total. The maximum atomic E-state index is 5.65. The van der Waals surface area contributed by atoms with Gasteiger partial charge in [0.05, 0.1) is 5.69 Å². The van der Waals surface area contributed by atoms with Crippen molar-refractivity contribution in [1.82, 2.24) is 9.97 Å². The molecule has 0 aliphatic carbocycles. The first-order chi connectivity index (χ1) is 7.75. The minimum Gasteiger partial charge on any atom is -0.487 e. The molecule has 82 valence electrons. The number of pyridine rings is 2. The fraction of sp³-hybridized carbons (Fsp3) is 0.167. The van der Waals surface area contributed by atoms with Gasteiger partial charge < -0.3 is 4.74 Å². The van der Waals surface area contributed by atoms with Crippen LogP contribution in [0, 0.1) is 6.92 Å². The van der Waals surface area contributed by atoms with Gasteiger partial charge in [-0.25, -0.2) is 0 Å². The number of rotatable bonds is 3. The lowest BCUT2D eigenvalue weighted by atomic mass is 10.3. The SMILES string of the molecule is Cc1ncccc1OCc1cncc(Br)c1. The topological polar surface area (TPSA) is 35.0 Å². The number of aromatic nitrogens is 2. The fourth-order valence-electron chi connectivity index (χ4n) is 1.32. The van der Waals surface area contributed by atoms with E-state index in [9.17, 15) is 0 Å². The normalized spacial score (nSPS) is 10.1. The van der Waals surface area contributed by atoms with Crippen LogP contribution in [-0.4, -0.2) is 9.97 Å². The van der Waals surface area contributed by atoms with Crippen LogP contribution in [0.1, 0.15) is 11.3 Å². The van der Waals surface area contributed by atoms with Crippen molar-refractivity contribution in [2.24, 2.45) is 0 Å². The van der Waals surface area contributed by atoms with E-state index in [1.165, 1.54) is 0 Å². The second-order valence-electron chi connectivity index (χ2n) is 3.39. The van der Waals surface area contributed by atoms with E-state index in [4.69, 9.17) is 4.74 Å². The third-order valence-electron chi connectivity index (χ3n) is 2.11. The molecule has 0 atom stereocenters. The third kappa shape index (κ3) is 2.79. The van der Waals surface area contributed by atoms with Crippen molar-refractivity contribution in [1.29, 1.82) is 0 Å². The molecule has 2 aromatic rings. The molecule has 0 radical (unpaired) electrons. The molecule has 0 N–H and O–H groups in total. The first-order valence-corrected chi connectivity index (χ1v) is 5.69. The highest BCUT2D eigenvalue weighted by molar-refractivity contribution is 9.10. The Morgan fingerprint density at radius 2 is 2.25 bits per heavy atom. The minimum atomic E-state index is 0.499. The second kappa shape index (κ2) is 5.07. The summed E-state index contributed by atoms with van der Waals surface area (Å²) in [6, 6.07) is 5.76. The van der Waals surface area contributed by atoms with Crippen molar-refractivity contribution in [2.75, 3.05) is 0 Å². The lowest BCUT2D eigenvalue weighted by molar-refractivity contribution is 0.302. The molecular weight excluding hydrogens is 268 g/mol. The smallest absolute Gasteiger partial charge is 0.141 e. The van der Waals surface area contributed by atoms with Gasteiger partial charge in [-0.2, -0.15) is 0 Å². The quantitative estimate of drug-likeness (QED) is 0.865. The summed E-state index contributed by atoms with van der Waals surface area (Å²) in [5, 5.41) is 0. The van der Waals surface area contributed by atoms with Crippen LogP contribution in [-0.2, 0) is 6.61 Å². The van der Waals surface area contributed by atoms with Gasteiger partial charge in [0.2, 0.25) is 0 Å². The zero-order valence-corrected chi connectivity index (χ0v) is 10.4. The first-order valence-electron chi connectivity index (χ1n) is 4.89. The van der Waals surface area contributed by atoms with Gasteiger partial charge in [-0.3, -0.25) is 9.97 Å². The Labute approximate surface area is 103 Å². The van der Waals surface area contributed by atoms with Gasteiger partial charge >= 0.3 is 0 Å². The number of halogens is 1. The van der Waals surface area contributed by atoms with Gasteiger partial charge in [0, 0.05) is 28.6 Å². The molecule has 0 saturated carbocycles. The van der Waals surface area contributed by atoms with Crippen LogP contribution >= 0.6 is 15.9 Å². The van der Waals surface area contributed by atoms with E-state index in [1.807, 2.05) is 25.1 Å². The van der Waals surface area contributed by atoms with Crippen molar-refractivity contribution < 1.29 is 4.74 Å². The van der Waals surface area contributed by atoms with Crippen molar-refractivity contribution >= 4 is 15.9 Å². The maximum Gasteiger partial charge on any atom is 0.141 e. The van der Waals surface area contributed by atoms with Gasteiger partial charge in [0.25, 0.3) is 0 Å². The van der Waals surface area contributed by atoms with E-state index in [2.05, 4.69) is 25.9 Å². The van der Waals surface area contributed by atoms with Crippen molar-refractivity contribution in [2.45, 2.75) is 13.5 Å². The molecule has 0 aliphatic rings. The summed E-state index contributed by atoms with van der Waals surface area (Å²) in [5.74, 6) is 0.808. The van der Waals surface area contributed by atoms with E-state index in [1.54, 1.807) is 18.6 Å². The highest BCUT2D eigenvalue weighted by atomic mass is 79.9. The average Bonchev–Trinajstić information content (AvgIpc) is 2.28. The molecule has 0 fully saturated rings. The number of ether oxygens (including phenoxy) is 1. The molecule has 0 unspecified atom stereocenters. The third-order valence-corrected chi connectivity index (χ3v) is 2.55. The number of nitrogens with zero attached hydrogens (tertiary/aromatic N) is 2. The van der Waals surface area contributed by atoms with Gasteiger partial charge in [-0.05, 0) is 41.1 Å². The Hall–Kier alpha value is -1.42. The average molecular weight is 279 g/mol. The largest absolute Gasteiger partial charge is 0.487 e. The fourth-order valence-corrected chi connectivity index (χ4v) is 1.73. The Kier molecular flexibility index (Phi) is 3.51. The van der Waals surface area contributed by atoms with Crippen LogP contribution in [0.25, 0.3) is 0 Å². The molecule has 0 saturated heterocycles. The van der Waals surface area contributed by atoms with Gasteiger partial charge in [-0.15, -0.1) is 0 Å². The maximum absolute atomic E-state index is 5.65. The van der Waals surface area contributed by atoms with E-state index in [0.29, 0.717) is 6.61 Å². The molecular formula is C12H11BrN2O. The summed E-state index contributed by atoms with van der Waals surface area (Å²) in [6.45, 7) is 2.42. The highest BCUT2D eigenvalue weighted by Gasteiger charge is 2.00. The van der Waals surface area contributed by atoms with Gasteiger partial charge in [-0.1, -0.05) is 0 Å². The molecule has 0 amide bonds. The van der Waals surface area contributed by atoms with Crippen molar-refractivity contribution in [3.8, 4) is 5.75 Å². The summed E-state index contributed by atoms with van der Waals surface area (Å²) in [7, 11) is 0. The van der Waals surface area contributed by atoms with Crippen LogP contribution < -0.4 is 4.74 Å². The summed E-state index contributed by atoms with van der Waals surface area (Å²) < 4.78 is 6.61. The number of aryl methyl sites for hydroxylation is 1. The first kappa shape index (κ1) is 11.1. The van der Waals surface area contributed by atoms with Gasteiger partial charge in [0.15, 0.2) is 0 Å². The number of hydrogen-bond donors (Lipinski definition) is 0. The minimum absolute atomic E-state index is 0.499. The molecule has 2 aromatic heterocycles. The standard InChI is InChI=1S/C12H11BrN2O/c1-9-12(3-2-4-15-9)16-8-10-5-11(13)7-14-6-10/h2-7H,8H2,1H3. The summed E-state index contributed by atoms with van der Waals surface area (Å²) in [5.41, 5.74) is 1.92. The molecule has 2 heterocycles. The molecule has 0 aromatic carbocycles. The van der Waals surface area contributed by atoms with Crippen LogP contribution in [0.15, 0.2) is 41.3 Å². The van der Waals surface area contributed by atoms with Crippen LogP contribution in [0.5, 0.6) is 5.75 Å². The second-order valence-corrected chi connectivity index (χ2v) is 4.30. The van der Waals surface area contributed by atoms with E-state index in [0.717, 1.165) is 21.5 Å². The molecule has 0 spiro atoms. The van der Waals surface area contributed by atoms with Crippen LogP contribution in [0.3, 0.4) is 0 Å². The van der Waals surface area contributed by atoms with Gasteiger partial charge in [0.1, 0.15) is 12.4 Å². The van der Waals surface area contributed by atoms with E-state index >= 15 is 0 Å². The zero-order chi connectivity index (χ0) is 11.4. The van der Waals surface area contributed by atoms with E-state index in [-0.39, 0.29) is 0 Å². The molecule has 0 aliphatic heterocycles. The summed E-state index contributed by atoms with van der Waals surface area (Å²) in [4.78, 5) is 8.24. The van der Waals surface area contributed by atoms with Crippen LogP contribution in [0.4, 0.5) is 0 Å².